The fourth-order valence-electron chi connectivity index (χ4n) is 2.01. The molecule has 0 radical (unpaired) electrons. The third-order valence-electron chi connectivity index (χ3n) is 3.09. The Kier molecular flexibility index (Phi) is 6.77. The van der Waals surface area contributed by atoms with Crippen molar-refractivity contribution < 1.29 is 9.59 Å². The number of carbonyl (C=O) groups excluding carboxylic acids is 2. The molecular weight excluding hydrogens is 252 g/mol. The lowest BCUT2D eigenvalue weighted by Gasteiger charge is -2.20. The third-order valence-corrected chi connectivity index (χ3v) is 3.09. The van der Waals surface area contributed by atoms with Crippen molar-refractivity contribution in [1.29, 1.82) is 0 Å². The van der Waals surface area contributed by atoms with Crippen LogP contribution in [0.15, 0.2) is 30.3 Å². The Labute approximate surface area is 121 Å². The Hall–Kier alpha value is -1.84. The van der Waals surface area contributed by atoms with Gasteiger partial charge < -0.3 is 10.6 Å². The van der Waals surface area contributed by atoms with Gasteiger partial charge in [0.2, 0.25) is 11.8 Å². The van der Waals surface area contributed by atoms with E-state index in [1.54, 1.807) is 0 Å². The quantitative estimate of drug-likeness (QED) is 0.747. The van der Waals surface area contributed by atoms with Crippen molar-refractivity contribution in [3.05, 3.63) is 35.9 Å². The summed E-state index contributed by atoms with van der Waals surface area (Å²) in [6.45, 7) is 5.89. The summed E-state index contributed by atoms with van der Waals surface area (Å²) in [6.07, 6.45) is 1.83. The first kappa shape index (κ1) is 16.2. The molecule has 1 aromatic rings. The summed E-state index contributed by atoms with van der Waals surface area (Å²) in [6, 6.07) is 9.72. The third kappa shape index (κ3) is 5.87. The van der Waals surface area contributed by atoms with Crippen LogP contribution in [0.3, 0.4) is 0 Å². The number of amides is 2. The number of hydrogen-bond acceptors (Lipinski definition) is 2. The lowest BCUT2D eigenvalue weighted by Crippen LogP contribution is -2.49. The molecule has 0 aliphatic carbocycles. The molecule has 0 aliphatic rings. The Balaban J connectivity index is 2.32. The zero-order valence-electron chi connectivity index (χ0n) is 12.5. The van der Waals surface area contributed by atoms with E-state index in [1.165, 1.54) is 12.5 Å². The molecule has 0 spiro atoms. The minimum atomic E-state index is -0.454. The molecule has 2 amide bonds. The van der Waals surface area contributed by atoms with E-state index < -0.39 is 6.04 Å². The van der Waals surface area contributed by atoms with Crippen molar-refractivity contribution in [2.24, 2.45) is 5.92 Å². The predicted octanol–water partition coefficient (Wildman–Crippen LogP) is 1.90. The average molecular weight is 276 g/mol. The molecule has 0 aliphatic heterocycles. The van der Waals surface area contributed by atoms with Crippen LogP contribution in [0.2, 0.25) is 0 Å². The van der Waals surface area contributed by atoms with Crippen molar-refractivity contribution in [1.82, 2.24) is 10.6 Å². The van der Waals surface area contributed by atoms with E-state index in [0.717, 1.165) is 12.8 Å². The van der Waals surface area contributed by atoms with Gasteiger partial charge in [0.05, 0.1) is 0 Å². The molecule has 0 saturated carbocycles. The highest BCUT2D eigenvalue weighted by Crippen LogP contribution is 2.03. The summed E-state index contributed by atoms with van der Waals surface area (Å²) < 4.78 is 0. The molecule has 20 heavy (non-hydrogen) atoms. The predicted molar refractivity (Wildman–Crippen MR) is 80.2 cm³/mol. The minimum absolute atomic E-state index is 0.0769. The molecular formula is C16H24N2O2. The number of rotatable bonds is 7. The molecule has 1 aromatic carbocycles. The highest BCUT2D eigenvalue weighted by molar-refractivity contribution is 5.86. The van der Waals surface area contributed by atoms with Gasteiger partial charge >= 0.3 is 0 Å². The molecule has 1 unspecified atom stereocenters. The normalized spacial score (nSPS) is 12.0. The second-order valence-electron chi connectivity index (χ2n) is 5.30. The molecule has 1 atom stereocenters. The zero-order chi connectivity index (χ0) is 15.0. The topological polar surface area (TPSA) is 58.2 Å². The van der Waals surface area contributed by atoms with Gasteiger partial charge in [0, 0.05) is 13.5 Å². The Morgan fingerprint density at radius 1 is 1.15 bits per heavy atom. The van der Waals surface area contributed by atoms with Gasteiger partial charge in [0.15, 0.2) is 0 Å². The lowest BCUT2D eigenvalue weighted by molar-refractivity contribution is -0.129. The lowest BCUT2D eigenvalue weighted by atomic mass is 10.0. The smallest absolute Gasteiger partial charge is 0.242 e. The van der Waals surface area contributed by atoms with Gasteiger partial charge in [-0.1, -0.05) is 44.2 Å². The van der Waals surface area contributed by atoms with E-state index in [4.69, 9.17) is 0 Å². The molecule has 0 saturated heterocycles. The van der Waals surface area contributed by atoms with Crippen LogP contribution in [-0.2, 0) is 16.0 Å². The van der Waals surface area contributed by atoms with E-state index in [1.807, 2.05) is 32.0 Å². The molecule has 110 valence electrons. The van der Waals surface area contributed by atoms with Crippen molar-refractivity contribution in [3.63, 3.8) is 0 Å². The van der Waals surface area contributed by atoms with Gasteiger partial charge in [-0.05, 0) is 24.3 Å². The fourth-order valence-corrected chi connectivity index (χ4v) is 2.01. The Morgan fingerprint density at radius 3 is 2.35 bits per heavy atom. The van der Waals surface area contributed by atoms with E-state index >= 15 is 0 Å². The number of aryl methyl sites for hydroxylation is 1. The molecule has 4 heteroatoms. The van der Waals surface area contributed by atoms with E-state index in [0.29, 0.717) is 6.54 Å². The van der Waals surface area contributed by atoms with Crippen LogP contribution < -0.4 is 10.6 Å². The van der Waals surface area contributed by atoms with Crippen molar-refractivity contribution >= 4 is 11.8 Å². The van der Waals surface area contributed by atoms with Gasteiger partial charge in [-0.3, -0.25) is 9.59 Å². The maximum absolute atomic E-state index is 12.0. The maximum Gasteiger partial charge on any atom is 0.242 e. The summed E-state index contributed by atoms with van der Waals surface area (Å²) in [7, 11) is 0. The number of hydrogen-bond donors (Lipinski definition) is 2. The first-order chi connectivity index (χ1) is 9.50. The highest BCUT2D eigenvalue weighted by Gasteiger charge is 2.22. The molecule has 0 fully saturated rings. The minimum Gasteiger partial charge on any atom is -0.354 e. The van der Waals surface area contributed by atoms with Crippen LogP contribution in [0.4, 0.5) is 0 Å². The second-order valence-corrected chi connectivity index (χ2v) is 5.30. The average Bonchev–Trinajstić information content (AvgIpc) is 2.41. The monoisotopic (exact) mass is 276 g/mol. The van der Waals surface area contributed by atoms with Crippen LogP contribution in [0.1, 0.15) is 32.8 Å². The maximum atomic E-state index is 12.0. The van der Waals surface area contributed by atoms with Gasteiger partial charge in [-0.2, -0.15) is 0 Å². The summed E-state index contributed by atoms with van der Waals surface area (Å²) in [4.78, 5) is 23.1. The molecule has 0 heterocycles. The molecule has 2 N–H and O–H groups in total. The first-order valence-electron chi connectivity index (χ1n) is 7.09. The van der Waals surface area contributed by atoms with Gasteiger partial charge in [-0.15, -0.1) is 0 Å². The van der Waals surface area contributed by atoms with Crippen molar-refractivity contribution in [3.8, 4) is 0 Å². The largest absolute Gasteiger partial charge is 0.354 e. The van der Waals surface area contributed by atoms with Crippen LogP contribution in [0.5, 0.6) is 0 Å². The molecule has 0 bridgehead atoms. The number of benzene rings is 1. The van der Waals surface area contributed by atoms with Gasteiger partial charge in [0.1, 0.15) is 6.04 Å². The summed E-state index contributed by atoms with van der Waals surface area (Å²) in [5.74, 6) is -0.209. The number of nitrogens with one attached hydrogen (secondary N) is 2. The SMILES string of the molecule is CC(=O)NC(C(=O)NCCCc1ccccc1)C(C)C. The number of carbonyl (C=O) groups is 2. The van der Waals surface area contributed by atoms with E-state index in [2.05, 4.69) is 22.8 Å². The van der Waals surface area contributed by atoms with Gasteiger partial charge in [0.25, 0.3) is 0 Å². The second kappa shape index (κ2) is 8.35. The molecule has 4 nitrogen and oxygen atoms in total. The Bertz CT molecular complexity index is 429. The summed E-state index contributed by atoms with van der Waals surface area (Å²) in [5, 5.41) is 5.57. The first-order valence-corrected chi connectivity index (χ1v) is 7.09. The van der Waals surface area contributed by atoms with E-state index in [9.17, 15) is 9.59 Å². The van der Waals surface area contributed by atoms with E-state index in [-0.39, 0.29) is 17.7 Å². The van der Waals surface area contributed by atoms with Gasteiger partial charge in [-0.25, -0.2) is 0 Å². The molecule has 1 rings (SSSR count). The summed E-state index contributed by atoms with van der Waals surface area (Å²) in [5.41, 5.74) is 1.27. The van der Waals surface area contributed by atoms with Crippen molar-refractivity contribution in [2.45, 2.75) is 39.7 Å². The zero-order valence-corrected chi connectivity index (χ0v) is 12.5. The highest BCUT2D eigenvalue weighted by atomic mass is 16.2. The molecule has 0 aromatic heterocycles. The van der Waals surface area contributed by atoms with Crippen LogP contribution >= 0.6 is 0 Å². The fraction of sp³-hybridized carbons (Fsp3) is 0.500. The van der Waals surface area contributed by atoms with Crippen LogP contribution in [0.25, 0.3) is 0 Å². The van der Waals surface area contributed by atoms with Crippen LogP contribution in [-0.4, -0.2) is 24.4 Å². The standard InChI is InChI=1S/C16H24N2O2/c1-12(2)15(18-13(3)19)16(20)17-11-7-10-14-8-5-4-6-9-14/h4-6,8-9,12,15H,7,10-11H2,1-3H3,(H,17,20)(H,18,19). The van der Waals surface area contributed by atoms with Crippen molar-refractivity contribution in [2.75, 3.05) is 6.54 Å². The summed E-state index contributed by atoms with van der Waals surface area (Å²) >= 11 is 0. The Morgan fingerprint density at radius 2 is 1.80 bits per heavy atom. The van der Waals surface area contributed by atoms with Crippen LogP contribution in [0, 0.1) is 5.92 Å².